The van der Waals surface area contributed by atoms with Crippen LogP contribution in [0.2, 0.25) is 0 Å². The summed E-state index contributed by atoms with van der Waals surface area (Å²) >= 11 is 0. The Balaban J connectivity index is 0.00000180. The van der Waals surface area contributed by atoms with E-state index in [-0.39, 0.29) is 30.5 Å². The van der Waals surface area contributed by atoms with Crippen LogP contribution >= 0.6 is 12.4 Å². The number of halogens is 1. The summed E-state index contributed by atoms with van der Waals surface area (Å²) in [5, 5.41) is 6.14. The first-order valence-electron chi connectivity index (χ1n) is 6.44. The maximum Gasteiger partial charge on any atom is 0.239 e. The molecule has 0 aliphatic carbocycles. The number of carbonyl (C=O) groups excluding carboxylic acids is 1. The van der Waals surface area contributed by atoms with Gasteiger partial charge in [0.15, 0.2) is 0 Å². The molecular formula is C14H21ClN2O2. The lowest BCUT2D eigenvalue weighted by Crippen LogP contribution is -2.43. The normalized spacial score (nSPS) is 22.2. The van der Waals surface area contributed by atoms with Crippen molar-refractivity contribution < 1.29 is 9.53 Å². The second-order valence-corrected chi connectivity index (χ2v) is 4.69. The maximum absolute atomic E-state index is 11.8. The molecule has 5 heteroatoms. The number of nitrogens with one attached hydrogen (secondary N) is 2. The highest BCUT2D eigenvalue weighted by Gasteiger charge is 2.20. The first kappa shape index (κ1) is 15.8. The standard InChI is InChI=1S/C14H20N2O2.ClH/c1-11-9-13(7-8-18-11)16-14(17)10-15-12-5-3-2-4-6-12;/h2-6,11,13,15H,7-10H2,1H3,(H,16,17);1H. The van der Waals surface area contributed by atoms with Crippen molar-refractivity contribution in [2.45, 2.75) is 31.9 Å². The van der Waals surface area contributed by atoms with Gasteiger partial charge in [0.05, 0.1) is 12.6 Å². The van der Waals surface area contributed by atoms with Crippen LogP contribution in [0.15, 0.2) is 30.3 Å². The monoisotopic (exact) mass is 284 g/mol. The largest absolute Gasteiger partial charge is 0.378 e. The fraction of sp³-hybridized carbons (Fsp3) is 0.500. The van der Waals surface area contributed by atoms with Gasteiger partial charge in [0.1, 0.15) is 0 Å². The van der Waals surface area contributed by atoms with Gasteiger partial charge < -0.3 is 15.4 Å². The molecule has 0 bridgehead atoms. The van der Waals surface area contributed by atoms with E-state index in [0.29, 0.717) is 6.54 Å². The van der Waals surface area contributed by atoms with E-state index in [2.05, 4.69) is 10.6 Å². The van der Waals surface area contributed by atoms with Crippen LogP contribution in [0.25, 0.3) is 0 Å². The fourth-order valence-corrected chi connectivity index (χ4v) is 2.15. The molecule has 0 spiro atoms. The summed E-state index contributed by atoms with van der Waals surface area (Å²) < 4.78 is 5.45. The van der Waals surface area contributed by atoms with Gasteiger partial charge in [-0.3, -0.25) is 4.79 Å². The third-order valence-electron chi connectivity index (χ3n) is 3.08. The molecule has 0 aromatic heterocycles. The van der Waals surface area contributed by atoms with Crippen molar-refractivity contribution in [3.63, 3.8) is 0 Å². The Morgan fingerprint density at radius 3 is 2.79 bits per heavy atom. The van der Waals surface area contributed by atoms with E-state index in [1.807, 2.05) is 37.3 Å². The second-order valence-electron chi connectivity index (χ2n) is 4.69. The molecule has 2 unspecified atom stereocenters. The molecule has 106 valence electrons. The van der Waals surface area contributed by atoms with E-state index in [1.165, 1.54) is 0 Å². The van der Waals surface area contributed by atoms with Gasteiger partial charge in [0, 0.05) is 18.3 Å². The quantitative estimate of drug-likeness (QED) is 0.891. The maximum atomic E-state index is 11.8. The Kier molecular flexibility index (Phi) is 6.67. The van der Waals surface area contributed by atoms with Crippen molar-refractivity contribution in [3.8, 4) is 0 Å². The Morgan fingerprint density at radius 1 is 1.37 bits per heavy atom. The van der Waals surface area contributed by atoms with Crippen molar-refractivity contribution in [2.75, 3.05) is 18.5 Å². The van der Waals surface area contributed by atoms with Crippen LogP contribution < -0.4 is 10.6 Å². The molecule has 2 N–H and O–H groups in total. The number of carbonyl (C=O) groups is 1. The average molecular weight is 285 g/mol. The average Bonchev–Trinajstić information content (AvgIpc) is 2.38. The van der Waals surface area contributed by atoms with Crippen LogP contribution in [-0.2, 0) is 9.53 Å². The number of rotatable bonds is 4. The molecule has 1 heterocycles. The van der Waals surface area contributed by atoms with E-state index in [1.54, 1.807) is 0 Å². The topological polar surface area (TPSA) is 50.4 Å². The minimum absolute atomic E-state index is 0. The lowest BCUT2D eigenvalue weighted by atomic mass is 10.0. The van der Waals surface area contributed by atoms with E-state index in [0.717, 1.165) is 25.1 Å². The lowest BCUT2D eigenvalue weighted by Gasteiger charge is -2.28. The van der Waals surface area contributed by atoms with Gasteiger partial charge in [-0.1, -0.05) is 18.2 Å². The molecule has 0 saturated carbocycles. The first-order valence-corrected chi connectivity index (χ1v) is 6.44. The zero-order chi connectivity index (χ0) is 12.8. The zero-order valence-corrected chi connectivity index (χ0v) is 11.9. The molecule has 1 fully saturated rings. The Labute approximate surface area is 120 Å². The predicted octanol–water partition coefficient (Wildman–Crippen LogP) is 2.20. The van der Waals surface area contributed by atoms with E-state index in [9.17, 15) is 4.79 Å². The lowest BCUT2D eigenvalue weighted by molar-refractivity contribution is -0.121. The number of para-hydroxylation sites is 1. The van der Waals surface area contributed by atoms with E-state index < -0.39 is 0 Å². The summed E-state index contributed by atoms with van der Waals surface area (Å²) in [6.07, 6.45) is 2.05. The van der Waals surface area contributed by atoms with Crippen molar-refractivity contribution in [3.05, 3.63) is 30.3 Å². The van der Waals surface area contributed by atoms with Crippen LogP contribution in [0.5, 0.6) is 0 Å². The molecular weight excluding hydrogens is 264 g/mol. The number of benzene rings is 1. The molecule has 1 amide bonds. The predicted molar refractivity (Wildman–Crippen MR) is 78.8 cm³/mol. The first-order chi connectivity index (χ1) is 8.74. The van der Waals surface area contributed by atoms with Crippen molar-refractivity contribution in [2.24, 2.45) is 0 Å². The molecule has 1 aromatic carbocycles. The Morgan fingerprint density at radius 2 is 2.11 bits per heavy atom. The summed E-state index contributed by atoms with van der Waals surface area (Å²) in [5.74, 6) is 0.0398. The van der Waals surface area contributed by atoms with Crippen LogP contribution in [0.4, 0.5) is 5.69 Å². The number of amides is 1. The van der Waals surface area contributed by atoms with E-state index >= 15 is 0 Å². The van der Waals surface area contributed by atoms with Gasteiger partial charge in [0.2, 0.25) is 5.91 Å². The van der Waals surface area contributed by atoms with Gasteiger partial charge in [-0.2, -0.15) is 0 Å². The summed E-state index contributed by atoms with van der Waals surface area (Å²) in [6, 6.07) is 9.99. The van der Waals surface area contributed by atoms with Gasteiger partial charge in [-0.15, -0.1) is 12.4 Å². The molecule has 1 aromatic rings. The summed E-state index contributed by atoms with van der Waals surface area (Å²) in [4.78, 5) is 11.8. The van der Waals surface area contributed by atoms with Gasteiger partial charge in [-0.05, 0) is 31.9 Å². The molecule has 1 saturated heterocycles. The molecule has 0 radical (unpaired) electrons. The highest BCUT2D eigenvalue weighted by Crippen LogP contribution is 2.13. The SMILES string of the molecule is CC1CC(NC(=O)CNc2ccccc2)CCO1.Cl. The third kappa shape index (κ3) is 5.49. The molecule has 4 nitrogen and oxygen atoms in total. The highest BCUT2D eigenvalue weighted by molar-refractivity contribution is 5.85. The molecule has 1 aliphatic heterocycles. The summed E-state index contributed by atoms with van der Waals surface area (Å²) in [7, 11) is 0. The fourth-order valence-electron chi connectivity index (χ4n) is 2.15. The number of anilines is 1. The Hall–Kier alpha value is -1.26. The van der Waals surface area contributed by atoms with Gasteiger partial charge in [-0.25, -0.2) is 0 Å². The van der Waals surface area contributed by atoms with Gasteiger partial charge in [0.25, 0.3) is 0 Å². The number of ether oxygens (including phenoxy) is 1. The van der Waals surface area contributed by atoms with Crippen LogP contribution in [0.3, 0.4) is 0 Å². The number of hydrogen-bond donors (Lipinski definition) is 2. The minimum atomic E-state index is 0. The second kappa shape index (κ2) is 8.02. The van der Waals surface area contributed by atoms with Crippen molar-refractivity contribution in [1.29, 1.82) is 0 Å². The van der Waals surface area contributed by atoms with Crippen molar-refractivity contribution in [1.82, 2.24) is 5.32 Å². The number of hydrogen-bond acceptors (Lipinski definition) is 3. The van der Waals surface area contributed by atoms with Crippen LogP contribution in [-0.4, -0.2) is 31.2 Å². The summed E-state index contributed by atoms with van der Waals surface area (Å²) in [5.41, 5.74) is 0.966. The molecule has 2 rings (SSSR count). The van der Waals surface area contributed by atoms with Crippen molar-refractivity contribution >= 4 is 24.0 Å². The molecule has 1 aliphatic rings. The Bertz CT molecular complexity index is 386. The zero-order valence-electron chi connectivity index (χ0n) is 11.1. The third-order valence-corrected chi connectivity index (χ3v) is 3.08. The van der Waals surface area contributed by atoms with Crippen LogP contribution in [0, 0.1) is 0 Å². The molecule has 19 heavy (non-hydrogen) atoms. The van der Waals surface area contributed by atoms with E-state index in [4.69, 9.17) is 4.74 Å². The summed E-state index contributed by atoms with van der Waals surface area (Å²) in [6.45, 7) is 3.09. The minimum Gasteiger partial charge on any atom is -0.378 e. The van der Waals surface area contributed by atoms with Gasteiger partial charge >= 0.3 is 0 Å². The molecule has 2 atom stereocenters. The smallest absolute Gasteiger partial charge is 0.239 e. The highest BCUT2D eigenvalue weighted by atomic mass is 35.5. The van der Waals surface area contributed by atoms with Crippen LogP contribution in [0.1, 0.15) is 19.8 Å².